The van der Waals surface area contributed by atoms with E-state index in [4.69, 9.17) is 0 Å². The lowest BCUT2D eigenvalue weighted by Crippen LogP contribution is -2.25. The second-order valence-corrected chi connectivity index (χ2v) is 8.48. The van der Waals surface area contributed by atoms with Crippen LogP contribution in [-0.2, 0) is 17.9 Å². The Morgan fingerprint density at radius 2 is 1.82 bits per heavy atom. The average Bonchev–Trinajstić information content (AvgIpc) is 3.12. The third-order valence-corrected chi connectivity index (χ3v) is 5.93. The number of rotatable bonds is 5. The Morgan fingerprint density at radius 3 is 2.59 bits per heavy atom. The summed E-state index contributed by atoms with van der Waals surface area (Å²) in [5, 5.41) is 3.55. The van der Waals surface area contributed by atoms with Crippen LogP contribution in [0.3, 0.4) is 0 Å². The Balaban J connectivity index is 1.59. The number of amides is 1. The van der Waals surface area contributed by atoms with E-state index >= 15 is 0 Å². The minimum absolute atomic E-state index is 0.106. The summed E-state index contributed by atoms with van der Waals surface area (Å²) in [5.74, 6) is -0.751. The molecule has 0 fully saturated rings. The number of carbonyl (C=O) groups excluding carboxylic acids is 1. The molecular formula is C27H23FN4O2. The van der Waals surface area contributed by atoms with Gasteiger partial charge in [0.1, 0.15) is 23.4 Å². The van der Waals surface area contributed by atoms with E-state index in [1.165, 1.54) is 6.07 Å². The normalized spacial score (nSPS) is 11.3. The van der Waals surface area contributed by atoms with Gasteiger partial charge in [0.05, 0.1) is 18.4 Å². The predicted molar refractivity (Wildman–Crippen MR) is 132 cm³/mol. The molecule has 0 bridgehead atoms. The van der Waals surface area contributed by atoms with Crippen molar-refractivity contribution >= 4 is 33.5 Å². The van der Waals surface area contributed by atoms with Crippen molar-refractivity contribution in [1.82, 2.24) is 14.1 Å². The van der Waals surface area contributed by atoms with E-state index in [0.29, 0.717) is 28.8 Å². The first-order chi connectivity index (χ1) is 16.4. The summed E-state index contributed by atoms with van der Waals surface area (Å²) in [6.07, 6.45) is 1.55. The van der Waals surface area contributed by atoms with E-state index in [1.807, 2.05) is 55.5 Å². The monoisotopic (exact) mass is 454 g/mol. The fraction of sp³-hybridized carbons (Fsp3) is 0.148. The summed E-state index contributed by atoms with van der Waals surface area (Å²) in [6, 6.07) is 20.0. The van der Waals surface area contributed by atoms with Gasteiger partial charge in [0.2, 0.25) is 5.91 Å². The van der Waals surface area contributed by atoms with Gasteiger partial charge in [-0.2, -0.15) is 0 Å². The molecule has 0 aliphatic rings. The smallest absolute Gasteiger partial charge is 0.278 e. The van der Waals surface area contributed by atoms with E-state index in [0.717, 1.165) is 22.0 Å². The maximum absolute atomic E-state index is 13.9. The number of benzene rings is 3. The Hall–Kier alpha value is -4.26. The summed E-state index contributed by atoms with van der Waals surface area (Å²) in [5.41, 5.74) is 4.31. The van der Waals surface area contributed by atoms with E-state index in [1.54, 1.807) is 34.5 Å². The van der Waals surface area contributed by atoms with E-state index in [9.17, 15) is 14.0 Å². The summed E-state index contributed by atoms with van der Waals surface area (Å²) in [7, 11) is 0. The van der Waals surface area contributed by atoms with Crippen molar-refractivity contribution in [1.29, 1.82) is 0 Å². The van der Waals surface area contributed by atoms with Gasteiger partial charge in [-0.25, -0.2) is 9.37 Å². The molecule has 3 aromatic carbocycles. The van der Waals surface area contributed by atoms with Crippen LogP contribution >= 0.6 is 0 Å². The maximum Gasteiger partial charge on any atom is 0.278 e. The zero-order valence-electron chi connectivity index (χ0n) is 18.9. The zero-order valence-corrected chi connectivity index (χ0v) is 18.9. The van der Waals surface area contributed by atoms with Crippen molar-refractivity contribution < 1.29 is 9.18 Å². The van der Waals surface area contributed by atoms with Crippen molar-refractivity contribution in [3.05, 3.63) is 106 Å². The lowest BCUT2D eigenvalue weighted by atomic mass is 10.1. The highest BCUT2D eigenvalue weighted by Gasteiger charge is 2.19. The van der Waals surface area contributed by atoms with Crippen LogP contribution < -0.4 is 10.9 Å². The molecule has 0 atom stereocenters. The summed E-state index contributed by atoms with van der Waals surface area (Å²) in [6.45, 7) is 3.90. The molecule has 0 saturated carbocycles. The molecule has 170 valence electrons. The zero-order chi connectivity index (χ0) is 23.8. The molecule has 6 nitrogen and oxygen atoms in total. The quantitative estimate of drug-likeness (QED) is 0.415. The van der Waals surface area contributed by atoms with E-state index < -0.39 is 5.82 Å². The molecule has 5 aromatic rings. The van der Waals surface area contributed by atoms with Gasteiger partial charge >= 0.3 is 0 Å². The average molecular weight is 455 g/mol. The van der Waals surface area contributed by atoms with Crippen LogP contribution in [0, 0.1) is 19.7 Å². The largest absolute Gasteiger partial charge is 0.325 e. The van der Waals surface area contributed by atoms with Gasteiger partial charge in [-0.05, 0) is 49.2 Å². The fourth-order valence-electron chi connectivity index (χ4n) is 4.19. The number of hydrogen-bond acceptors (Lipinski definition) is 3. The van der Waals surface area contributed by atoms with E-state index in [2.05, 4.69) is 10.3 Å². The molecule has 0 aliphatic carbocycles. The van der Waals surface area contributed by atoms with Crippen molar-refractivity contribution in [3.63, 3.8) is 0 Å². The van der Waals surface area contributed by atoms with Gasteiger partial charge < -0.3 is 9.88 Å². The maximum atomic E-state index is 13.9. The lowest BCUT2D eigenvalue weighted by molar-refractivity contribution is -0.116. The first kappa shape index (κ1) is 21.6. The number of fused-ring (bicyclic) bond motifs is 3. The number of nitrogens with one attached hydrogen (secondary N) is 1. The topological polar surface area (TPSA) is 68.9 Å². The molecular weight excluding hydrogens is 431 g/mol. The Labute approximate surface area is 195 Å². The standard InChI is InChI=1S/C27H23FN4O2/c1-17-8-11-23-21(12-17)25-26(27(34)31(16-29-25)14-19-6-4-3-5-7-19)32(23)15-24(33)30-20-10-9-18(2)22(28)13-20/h3-13,16H,14-15H2,1-2H3,(H,30,33). The first-order valence-corrected chi connectivity index (χ1v) is 11.0. The molecule has 7 heteroatoms. The fourth-order valence-corrected chi connectivity index (χ4v) is 4.19. The van der Waals surface area contributed by atoms with Crippen molar-refractivity contribution in [3.8, 4) is 0 Å². The van der Waals surface area contributed by atoms with Gasteiger partial charge in [-0.3, -0.25) is 14.2 Å². The van der Waals surface area contributed by atoms with Crippen LogP contribution in [0.5, 0.6) is 0 Å². The Kier molecular flexibility index (Phi) is 5.45. The lowest BCUT2D eigenvalue weighted by Gasteiger charge is -2.10. The van der Waals surface area contributed by atoms with Crippen molar-refractivity contribution in [2.75, 3.05) is 5.32 Å². The van der Waals surface area contributed by atoms with Crippen molar-refractivity contribution in [2.45, 2.75) is 26.9 Å². The second-order valence-electron chi connectivity index (χ2n) is 8.48. The minimum atomic E-state index is -0.391. The van der Waals surface area contributed by atoms with Crippen LogP contribution in [0.15, 0.2) is 77.9 Å². The number of hydrogen-bond donors (Lipinski definition) is 1. The summed E-state index contributed by atoms with van der Waals surface area (Å²) >= 11 is 0. The molecule has 0 radical (unpaired) electrons. The molecule has 0 spiro atoms. The summed E-state index contributed by atoms with van der Waals surface area (Å²) < 4.78 is 17.2. The van der Waals surface area contributed by atoms with Crippen LogP contribution in [0.2, 0.25) is 0 Å². The number of halogens is 1. The molecule has 34 heavy (non-hydrogen) atoms. The molecule has 0 aliphatic heterocycles. The number of nitrogens with zero attached hydrogens (tertiary/aromatic N) is 3. The number of carbonyl (C=O) groups is 1. The first-order valence-electron chi connectivity index (χ1n) is 11.0. The third-order valence-electron chi connectivity index (χ3n) is 5.93. The summed E-state index contributed by atoms with van der Waals surface area (Å²) in [4.78, 5) is 31.1. The van der Waals surface area contributed by atoms with Gasteiger partial charge in [0.15, 0.2) is 0 Å². The SMILES string of the molecule is Cc1ccc2c(c1)c1ncn(Cc3ccccc3)c(=O)c1n2CC(=O)Nc1ccc(C)c(F)c1. The minimum Gasteiger partial charge on any atom is -0.325 e. The molecule has 1 amide bonds. The molecule has 2 heterocycles. The number of aryl methyl sites for hydroxylation is 2. The van der Waals surface area contributed by atoms with Gasteiger partial charge in [0.25, 0.3) is 5.56 Å². The van der Waals surface area contributed by atoms with Crippen LogP contribution in [0.4, 0.5) is 10.1 Å². The predicted octanol–water partition coefficient (Wildman–Crippen LogP) is 4.79. The van der Waals surface area contributed by atoms with Crippen molar-refractivity contribution in [2.24, 2.45) is 0 Å². The van der Waals surface area contributed by atoms with Crippen LogP contribution in [0.1, 0.15) is 16.7 Å². The highest BCUT2D eigenvalue weighted by molar-refractivity contribution is 6.06. The molecule has 2 aromatic heterocycles. The molecule has 0 unspecified atom stereocenters. The van der Waals surface area contributed by atoms with Gasteiger partial charge in [-0.15, -0.1) is 0 Å². The van der Waals surface area contributed by atoms with E-state index in [-0.39, 0.29) is 18.0 Å². The van der Waals surface area contributed by atoms with Gasteiger partial charge in [0, 0.05) is 11.1 Å². The van der Waals surface area contributed by atoms with Crippen LogP contribution in [0.25, 0.3) is 21.9 Å². The molecule has 0 saturated heterocycles. The molecule has 1 N–H and O–H groups in total. The second kappa shape index (κ2) is 8.59. The van der Waals surface area contributed by atoms with Crippen LogP contribution in [-0.4, -0.2) is 20.0 Å². The number of aromatic nitrogens is 3. The third kappa shape index (κ3) is 3.96. The van der Waals surface area contributed by atoms with Gasteiger partial charge in [-0.1, -0.05) is 48.0 Å². The molecule has 5 rings (SSSR count). The number of anilines is 1. The highest BCUT2D eigenvalue weighted by atomic mass is 19.1. The Bertz CT molecular complexity index is 1600. The highest BCUT2D eigenvalue weighted by Crippen LogP contribution is 2.27. The Morgan fingerprint density at radius 1 is 1.03 bits per heavy atom.